The van der Waals surface area contributed by atoms with Crippen molar-refractivity contribution in [1.82, 2.24) is 4.98 Å². The van der Waals surface area contributed by atoms with Gasteiger partial charge in [0, 0.05) is 5.69 Å². The number of para-hydroxylation sites is 1. The largest absolute Gasteiger partial charge is 0.457 e. The van der Waals surface area contributed by atoms with Crippen LogP contribution < -0.4 is 10.1 Å². The standard InChI is InChI=1S/C25H20N2O/c1-3-8-20(9-4-1)14-15-21-10-7-13-25(26-21)27-22-16-18-24(19-17-22)28-23-11-5-2-6-12-23/h1-19H,(H,26,27)/b15-14+. The van der Waals surface area contributed by atoms with Crippen LogP contribution in [0.3, 0.4) is 0 Å². The quantitative estimate of drug-likeness (QED) is 0.409. The first-order valence-corrected chi connectivity index (χ1v) is 9.15. The highest BCUT2D eigenvalue weighted by atomic mass is 16.5. The second-order valence-electron chi connectivity index (χ2n) is 6.26. The van der Waals surface area contributed by atoms with Gasteiger partial charge in [-0.1, -0.05) is 60.7 Å². The maximum atomic E-state index is 5.82. The smallest absolute Gasteiger partial charge is 0.131 e. The number of benzene rings is 3. The molecule has 0 radical (unpaired) electrons. The lowest BCUT2D eigenvalue weighted by Crippen LogP contribution is -1.94. The molecular formula is C25H20N2O. The van der Waals surface area contributed by atoms with Gasteiger partial charge in [0.2, 0.25) is 0 Å². The Morgan fingerprint density at radius 2 is 1.29 bits per heavy atom. The third kappa shape index (κ3) is 4.86. The Labute approximate surface area is 165 Å². The molecule has 0 saturated carbocycles. The van der Waals surface area contributed by atoms with Crippen molar-refractivity contribution in [2.45, 2.75) is 0 Å². The number of hydrogen-bond donors (Lipinski definition) is 1. The van der Waals surface area contributed by atoms with Crippen molar-refractivity contribution in [2.24, 2.45) is 0 Å². The molecule has 4 rings (SSSR count). The minimum absolute atomic E-state index is 0.796. The normalized spacial score (nSPS) is 10.7. The molecule has 0 spiro atoms. The van der Waals surface area contributed by atoms with Crippen LogP contribution in [0, 0.1) is 0 Å². The molecule has 3 nitrogen and oxygen atoms in total. The monoisotopic (exact) mass is 364 g/mol. The Hall–Kier alpha value is -3.85. The lowest BCUT2D eigenvalue weighted by Gasteiger charge is -2.09. The van der Waals surface area contributed by atoms with E-state index in [-0.39, 0.29) is 0 Å². The molecule has 1 heterocycles. The lowest BCUT2D eigenvalue weighted by molar-refractivity contribution is 0.483. The van der Waals surface area contributed by atoms with Crippen molar-refractivity contribution in [2.75, 3.05) is 5.32 Å². The van der Waals surface area contributed by atoms with Gasteiger partial charge in [-0.3, -0.25) is 0 Å². The first-order chi connectivity index (χ1) is 13.8. The summed E-state index contributed by atoms with van der Waals surface area (Å²) in [6.07, 6.45) is 4.07. The van der Waals surface area contributed by atoms with E-state index in [9.17, 15) is 0 Å². The summed E-state index contributed by atoms with van der Waals surface area (Å²) >= 11 is 0. The maximum Gasteiger partial charge on any atom is 0.131 e. The number of ether oxygens (including phenoxy) is 1. The van der Waals surface area contributed by atoms with E-state index in [4.69, 9.17) is 4.74 Å². The highest BCUT2D eigenvalue weighted by Gasteiger charge is 2.00. The number of nitrogens with zero attached hydrogens (tertiary/aromatic N) is 1. The molecule has 0 amide bonds. The van der Waals surface area contributed by atoms with Crippen molar-refractivity contribution in [3.63, 3.8) is 0 Å². The van der Waals surface area contributed by atoms with E-state index in [2.05, 4.69) is 28.5 Å². The van der Waals surface area contributed by atoms with Crippen LogP contribution in [-0.2, 0) is 0 Å². The summed E-state index contributed by atoms with van der Waals surface area (Å²) in [5.41, 5.74) is 3.01. The molecule has 0 unspecified atom stereocenters. The molecule has 136 valence electrons. The van der Waals surface area contributed by atoms with E-state index in [1.165, 1.54) is 0 Å². The molecule has 1 aromatic heterocycles. The SMILES string of the molecule is C(=C\c1cccc(Nc2ccc(Oc3ccccc3)cc2)n1)/c1ccccc1. The van der Waals surface area contributed by atoms with E-state index in [1.54, 1.807) is 0 Å². The predicted molar refractivity (Wildman–Crippen MR) is 116 cm³/mol. The average molecular weight is 364 g/mol. The zero-order valence-electron chi connectivity index (χ0n) is 15.3. The molecule has 1 N–H and O–H groups in total. The number of anilines is 2. The highest BCUT2D eigenvalue weighted by Crippen LogP contribution is 2.24. The Balaban J connectivity index is 1.42. The predicted octanol–water partition coefficient (Wildman–Crippen LogP) is 6.79. The molecule has 3 aromatic carbocycles. The van der Waals surface area contributed by atoms with Crippen LogP contribution in [-0.4, -0.2) is 4.98 Å². The van der Waals surface area contributed by atoms with E-state index in [0.717, 1.165) is 34.3 Å². The maximum absolute atomic E-state index is 5.82. The second kappa shape index (κ2) is 8.69. The minimum Gasteiger partial charge on any atom is -0.457 e. The van der Waals surface area contributed by atoms with E-state index >= 15 is 0 Å². The van der Waals surface area contributed by atoms with Crippen molar-refractivity contribution in [3.05, 3.63) is 114 Å². The fourth-order valence-electron chi connectivity index (χ4n) is 2.74. The number of nitrogens with one attached hydrogen (secondary N) is 1. The summed E-state index contributed by atoms with van der Waals surface area (Å²) in [6, 6.07) is 33.7. The summed E-state index contributed by atoms with van der Waals surface area (Å²) in [4.78, 5) is 4.64. The summed E-state index contributed by atoms with van der Waals surface area (Å²) in [6.45, 7) is 0. The fourth-order valence-corrected chi connectivity index (χ4v) is 2.74. The van der Waals surface area contributed by atoms with Gasteiger partial charge < -0.3 is 10.1 Å². The van der Waals surface area contributed by atoms with Crippen molar-refractivity contribution in [3.8, 4) is 11.5 Å². The summed E-state index contributed by atoms with van der Waals surface area (Å²) in [5, 5.41) is 3.33. The van der Waals surface area contributed by atoms with Gasteiger partial charge in [0.15, 0.2) is 0 Å². The number of pyridine rings is 1. The number of aromatic nitrogens is 1. The van der Waals surface area contributed by atoms with Crippen LogP contribution in [0.1, 0.15) is 11.3 Å². The van der Waals surface area contributed by atoms with Crippen LogP contribution in [0.15, 0.2) is 103 Å². The van der Waals surface area contributed by atoms with E-state index < -0.39 is 0 Å². The second-order valence-corrected chi connectivity index (χ2v) is 6.26. The third-order valence-electron chi connectivity index (χ3n) is 4.12. The van der Waals surface area contributed by atoms with Gasteiger partial charge in [0.25, 0.3) is 0 Å². The van der Waals surface area contributed by atoms with Gasteiger partial charge >= 0.3 is 0 Å². The summed E-state index contributed by atoms with van der Waals surface area (Å²) < 4.78 is 5.82. The molecule has 0 saturated heterocycles. The molecule has 0 aliphatic carbocycles. The Morgan fingerprint density at radius 3 is 2.04 bits per heavy atom. The van der Waals surface area contributed by atoms with Gasteiger partial charge in [-0.25, -0.2) is 4.98 Å². The highest BCUT2D eigenvalue weighted by molar-refractivity contribution is 5.69. The summed E-state index contributed by atoms with van der Waals surface area (Å²) in [5.74, 6) is 2.42. The zero-order valence-corrected chi connectivity index (χ0v) is 15.3. The van der Waals surface area contributed by atoms with Gasteiger partial charge in [0.05, 0.1) is 5.69 Å². The topological polar surface area (TPSA) is 34.1 Å². The minimum atomic E-state index is 0.796. The van der Waals surface area contributed by atoms with Crippen molar-refractivity contribution < 1.29 is 4.74 Å². The Bertz CT molecular complexity index is 1040. The van der Waals surface area contributed by atoms with Gasteiger partial charge in [-0.05, 0) is 60.2 Å². The number of rotatable bonds is 6. The molecule has 0 bridgehead atoms. The van der Waals surface area contributed by atoms with Crippen LogP contribution in [0.2, 0.25) is 0 Å². The summed E-state index contributed by atoms with van der Waals surface area (Å²) in [7, 11) is 0. The molecule has 3 heteroatoms. The van der Waals surface area contributed by atoms with Gasteiger partial charge in [-0.15, -0.1) is 0 Å². The van der Waals surface area contributed by atoms with E-state index in [0.29, 0.717) is 0 Å². The van der Waals surface area contributed by atoms with Crippen LogP contribution in [0.5, 0.6) is 11.5 Å². The molecule has 0 fully saturated rings. The molecular weight excluding hydrogens is 344 g/mol. The van der Waals surface area contributed by atoms with Crippen LogP contribution in [0.4, 0.5) is 11.5 Å². The van der Waals surface area contributed by atoms with Crippen molar-refractivity contribution in [1.29, 1.82) is 0 Å². The lowest BCUT2D eigenvalue weighted by atomic mass is 10.2. The number of hydrogen-bond acceptors (Lipinski definition) is 3. The average Bonchev–Trinajstić information content (AvgIpc) is 2.76. The first-order valence-electron chi connectivity index (χ1n) is 9.15. The van der Waals surface area contributed by atoms with Gasteiger partial charge in [-0.2, -0.15) is 0 Å². The van der Waals surface area contributed by atoms with Gasteiger partial charge in [0.1, 0.15) is 17.3 Å². The molecule has 0 aliphatic rings. The first kappa shape index (κ1) is 17.6. The Morgan fingerprint density at radius 1 is 0.607 bits per heavy atom. The molecule has 0 aliphatic heterocycles. The third-order valence-corrected chi connectivity index (χ3v) is 4.12. The Kier molecular flexibility index (Phi) is 5.45. The van der Waals surface area contributed by atoms with E-state index in [1.807, 2.05) is 97.1 Å². The molecule has 4 aromatic rings. The van der Waals surface area contributed by atoms with Crippen LogP contribution >= 0.6 is 0 Å². The molecule has 28 heavy (non-hydrogen) atoms. The van der Waals surface area contributed by atoms with Crippen molar-refractivity contribution >= 4 is 23.7 Å². The van der Waals surface area contributed by atoms with Crippen LogP contribution in [0.25, 0.3) is 12.2 Å². The molecule has 0 atom stereocenters. The zero-order chi connectivity index (χ0) is 19.0. The fraction of sp³-hybridized carbons (Fsp3) is 0.